The third-order valence-electron chi connectivity index (χ3n) is 4.87. The van der Waals surface area contributed by atoms with E-state index in [-0.39, 0.29) is 5.56 Å². The number of nitrogens with one attached hydrogen (secondary N) is 2. The van der Waals surface area contributed by atoms with Gasteiger partial charge in [-0.1, -0.05) is 30.3 Å². The quantitative estimate of drug-likeness (QED) is 0.591. The topological polar surface area (TPSA) is 71.8 Å². The van der Waals surface area contributed by atoms with E-state index in [0.29, 0.717) is 17.4 Å². The highest BCUT2D eigenvalue weighted by atomic mass is 16.1. The van der Waals surface area contributed by atoms with Crippen LogP contribution in [-0.4, -0.2) is 14.5 Å². The molecule has 0 saturated heterocycles. The largest absolute Gasteiger partial charge is 0.321 e. The molecule has 1 aliphatic rings. The molecule has 2 N–H and O–H groups in total. The van der Waals surface area contributed by atoms with Crippen LogP contribution in [0.4, 0.5) is 5.69 Å². The summed E-state index contributed by atoms with van der Waals surface area (Å²) in [4.78, 5) is 20.9. The number of nitrogens with zero attached hydrogens (tertiary/aromatic N) is 3. The number of anilines is 1. The highest BCUT2D eigenvalue weighted by molar-refractivity contribution is 5.75. The minimum atomic E-state index is -0.0508. The third-order valence-corrected chi connectivity index (χ3v) is 4.87. The molecule has 0 spiro atoms. The van der Waals surface area contributed by atoms with Gasteiger partial charge in [0.15, 0.2) is 0 Å². The zero-order chi connectivity index (χ0) is 18.2. The van der Waals surface area contributed by atoms with Gasteiger partial charge in [-0.15, -0.1) is 0 Å². The number of hydrazine groups is 1. The summed E-state index contributed by atoms with van der Waals surface area (Å²) in [7, 11) is 0. The van der Waals surface area contributed by atoms with Crippen LogP contribution in [0.25, 0.3) is 22.0 Å². The molecule has 4 aromatic rings. The van der Waals surface area contributed by atoms with E-state index in [4.69, 9.17) is 0 Å². The first-order chi connectivity index (χ1) is 13.3. The number of benzene rings is 2. The van der Waals surface area contributed by atoms with E-state index in [2.05, 4.69) is 63.3 Å². The SMILES string of the molecule is O=c1c2ccncc2ncn1Cc1ccc(-c2ccc3c(c2)CNN3)cc1. The van der Waals surface area contributed by atoms with Gasteiger partial charge in [-0.3, -0.25) is 14.3 Å². The van der Waals surface area contributed by atoms with Crippen molar-refractivity contribution in [2.24, 2.45) is 0 Å². The van der Waals surface area contributed by atoms with E-state index >= 15 is 0 Å². The van der Waals surface area contributed by atoms with E-state index in [1.54, 1.807) is 29.4 Å². The van der Waals surface area contributed by atoms with Crippen molar-refractivity contribution in [3.05, 3.63) is 88.7 Å². The number of hydrogen-bond donors (Lipinski definition) is 2. The number of fused-ring (bicyclic) bond motifs is 2. The molecule has 2 aromatic carbocycles. The second-order valence-electron chi connectivity index (χ2n) is 6.62. The van der Waals surface area contributed by atoms with Crippen LogP contribution in [0.3, 0.4) is 0 Å². The van der Waals surface area contributed by atoms with Crippen LogP contribution in [0, 0.1) is 0 Å². The lowest BCUT2D eigenvalue weighted by atomic mass is 10.0. The molecule has 2 aromatic heterocycles. The van der Waals surface area contributed by atoms with Gasteiger partial charge in [0.2, 0.25) is 0 Å². The van der Waals surface area contributed by atoms with Crippen molar-refractivity contribution < 1.29 is 0 Å². The molecule has 1 aliphatic heterocycles. The molecule has 0 atom stereocenters. The van der Waals surface area contributed by atoms with Crippen LogP contribution >= 0.6 is 0 Å². The first-order valence-electron chi connectivity index (χ1n) is 8.78. The third kappa shape index (κ3) is 2.86. The van der Waals surface area contributed by atoms with Gasteiger partial charge in [0.1, 0.15) is 0 Å². The number of rotatable bonds is 3. The Morgan fingerprint density at radius 1 is 1.04 bits per heavy atom. The monoisotopic (exact) mass is 355 g/mol. The lowest BCUT2D eigenvalue weighted by molar-refractivity contribution is 0.748. The molecule has 0 amide bonds. The Balaban J connectivity index is 1.43. The molecule has 0 aliphatic carbocycles. The summed E-state index contributed by atoms with van der Waals surface area (Å²) in [5.74, 6) is 0. The molecule has 27 heavy (non-hydrogen) atoms. The van der Waals surface area contributed by atoms with E-state index < -0.39 is 0 Å². The van der Waals surface area contributed by atoms with Crippen LogP contribution < -0.4 is 16.4 Å². The zero-order valence-electron chi connectivity index (χ0n) is 14.5. The Labute approximate surface area is 155 Å². The number of aromatic nitrogens is 3. The Bertz CT molecular complexity index is 1200. The fourth-order valence-corrected chi connectivity index (χ4v) is 3.40. The van der Waals surface area contributed by atoms with Gasteiger partial charge >= 0.3 is 0 Å². The molecular formula is C21H17N5O. The summed E-state index contributed by atoms with van der Waals surface area (Å²) in [6.45, 7) is 1.32. The van der Waals surface area contributed by atoms with Crippen molar-refractivity contribution in [2.45, 2.75) is 13.1 Å². The van der Waals surface area contributed by atoms with E-state index in [1.165, 1.54) is 11.1 Å². The maximum atomic E-state index is 12.6. The van der Waals surface area contributed by atoms with Crippen molar-refractivity contribution in [2.75, 3.05) is 5.43 Å². The normalized spacial score (nSPS) is 12.7. The standard InChI is InChI=1S/C21H17N5O/c27-21-18-7-8-22-11-20(18)23-13-26(21)12-14-1-3-15(4-2-14)16-5-6-19-17(9-16)10-24-25-19/h1-9,11,13,24-25H,10,12H2. The number of hydrogen-bond acceptors (Lipinski definition) is 5. The van der Waals surface area contributed by atoms with E-state index in [9.17, 15) is 4.79 Å². The van der Waals surface area contributed by atoms with Gasteiger partial charge in [-0.2, -0.15) is 0 Å². The fraction of sp³-hybridized carbons (Fsp3) is 0.0952. The molecule has 6 heteroatoms. The first-order valence-corrected chi connectivity index (χ1v) is 8.78. The average molecular weight is 355 g/mol. The van der Waals surface area contributed by atoms with Gasteiger partial charge in [-0.25, -0.2) is 10.4 Å². The lowest BCUT2D eigenvalue weighted by Crippen LogP contribution is -2.21. The van der Waals surface area contributed by atoms with Crippen molar-refractivity contribution in [1.82, 2.24) is 20.0 Å². The average Bonchev–Trinajstić information content (AvgIpc) is 3.19. The fourth-order valence-electron chi connectivity index (χ4n) is 3.40. The minimum absolute atomic E-state index is 0.0508. The number of pyridine rings is 1. The molecule has 0 fully saturated rings. The summed E-state index contributed by atoms with van der Waals surface area (Å²) < 4.78 is 1.63. The molecule has 6 nitrogen and oxygen atoms in total. The lowest BCUT2D eigenvalue weighted by Gasteiger charge is -2.09. The molecular weight excluding hydrogens is 338 g/mol. The highest BCUT2D eigenvalue weighted by Crippen LogP contribution is 2.27. The molecule has 0 saturated carbocycles. The van der Waals surface area contributed by atoms with Crippen LogP contribution in [0.15, 0.2) is 72.0 Å². The van der Waals surface area contributed by atoms with Crippen LogP contribution in [0.2, 0.25) is 0 Å². The maximum absolute atomic E-state index is 12.6. The van der Waals surface area contributed by atoms with Gasteiger partial charge in [-0.05, 0) is 40.5 Å². The van der Waals surface area contributed by atoms with Crippen molar-refractivity contribution >= 4 is 16.6 Å². The van der Waals surface area contributed by atoms with E-state index in [0.717, 1.165) is 23.4 Å². The molecule has 132 valence electrons. The molecule has 5 rings (SSSR count). The Morgan fingerprint density at radius 3 is 2.78 bits per heavy atom. The van der Waals surface area contributed by atoms with Crippen LogP contribution in [0.5, 0.6) is 0 Å². The van der Waals surface area contributed by atoms with Crippen molar-refractivity contribution in [3.8, 4) is 11.1 Å². The summed E-state index contributed by atoms with van der Waals surface area (Å²) in [6, 6.07) is 16.4. The summed E-state index contributed by atoms with van der Waals surface area (Å²) >= 11 is 0. The van der Waals surface area contributed by atoms with Crippen molar-refractivity contribution in [1.29, 1.82) is 0 Å². The second kappa shape index (κ2) is 6.34. The first kappa shape index (κ1) is 15.7. The highest BCUT2D eigenvalue weighted by Gasteiger charge is 2.10. The maximum Gasteiger partial charge on any atom is 0.261 e. The van der Waals surface area contributed by atoms with Gasteiger partial charge < -0.3 is 5.43 Å². The van der Waals surface area contributed by atoms with Crippen molar-refractivity contribution in [3.63, 3.8) is 0 Å². The second-order valence-corrected chi connectivity index (χ2v) is 6.62. The van der Waals surface area contributed by atoms with Crippen LogP contribution in [-0.2, 0) is 13.1 Å². The minimum Gasteiger partial charge on any atom is -0.321 e. The molecule has 0 unspecified atom stereocenters. The summed E-state index contributed by atoms with van der Waals surface area (Å²) in [5, 5.41) is 0.587. The Kier molecular flexibility index (Phi) is 3.69. The van der Waals surface area contributed by atoms with Crippen LogP contribution in [0.1, 0.15) is 11.1 Å². The van der Waals surface area contributed by atoms with Gasteiger partial charge in [0.25, 0.3) is 5.56 Å². The Hall–Kier alpha value is -3.51. The summed E-state index contributed by atoms with van der Waals surface area (Å²) in [6.07, 6.45) is 4.81. The van der Waals surface area contributed by atoms with E-state index in [1.807, 2.05) is 0 Å². The Morgan fingerprint density at radius 2 is 1.89 bits per heavy atom. The van der Waals surface area contributed by atoms with Gasteiger partial charge in [0, 0.05) is 12.7 Å². The predicted molar refractivity (Wildman–Crippen MR) is 105 cm³/mol. The molecule has 3 heterocycles. The molecule has 0 bridgehead atoms. The van der Waals surface area contributed by atoms with Gasteiger partial charge in [0.05, 0.1) is 35.7 Å². The summed E-state index contributed by atoms with van der Waals surface area (Å²) in [5.41, 5.74) is 12.6. The predicted octanol–water partition coefficient (Wildman–Crippen LogP) is 2.94. The molecule has 0 radical (unpaired) electrons. The zero-order valence-corrected chi connectivity index (χ0v) is 14.5. The smallest absolute Gasteiger partial charge is 0.261 e.